The molecule has 0 spiro atoms. The van der Waals surface area contributed by atoms with Crippen LogP contribution in [-0.2, 0) is 16.6 Å². The first-order valence-electron chi connectivity index (χ1n) is 8.92. The van der Waals surface area contributed by atoms with Gasteiger partial charge in [0.1, 0.15) is 0 Å². The fraction of sp³-hybridized carbons (Fsp3) is 0.706. The average Bonchev–Trinajstić information content (AvgIpc) is 3.02. The van der Waals surface area contributed by atoms with E-state index in [1.165, 1.54) is 0 Å². The smallest absolute Gasteiger partial charge is 0.244 e. The summed E-state index contributed by atoms with van der Waals surface area (Å²) in [5.74, 6) is 0.409. The van der Waals surface area contributed by atoms with E-state index in [1.54, 1.807) is 10.9 Å². The predicted molar refractivity (Wildman–Crippen MR) is 91.6 cm³/mol. The third-order valence-electron chi connectivity index (χ3n) is 4.98. The van der Waals surface area contributed by atoms with Crippen LogP contribution in [-0.4, -0.2) is 70.2 Å². The summed E-state index contributed by atoms with van der Waals surface area (Å²) in [6, 6.07) is -0.0672. The second-order valence-electron chi connectivity index (χ2n) is 6.69. The van der Waals surface area contributed by atoms with Crippen LogP contribution < -0.4 is 4.90 Å². The molecule has 1 aromatic rings. The number of nitrogens with zero attached hydrogens (tertiary/aromatic N) is 5. The van der Waals surface area contributed by atoms with E-state index in [0.717, 1.165) is 57.7 Å². The van der Waals surface area contributed by atoms with Crippen LogP contribution in [0.3, 0.4) is 0 Å². The highest BCUT2D eigenvalue weighted by Gasteiger charge is 2.36. The number of hydrogen-bond donors (Lipinski definition) is 0. The first kappa shape index (κ1) is 17.0. The van der Waals surface area contributed by atoms with Crippen LogP contribution in [0.25, 0.3) is 0 Å². The quantitative estimate of drug-likeness (QED) is 0.820. The minimum Gasteiger partial charge on any atom is -0.340 e. The van der Waals surface area contributed by atoms with Crippen molar-refractivity contribution >= 4 is 17.5 Å². The largest absolute Gasteiger partial charge is 0.340 e. The molecule has 3 rings (SSSR count). The average molecular weight is 333 g/mol. The predicted octanol–water partition coefficient (Wildman–Crippen LogP) is 0.860. The Morgan fingerprint density at radius 1 is 1.25 bits per heavy atom. The van der Waals surface area contributed by atoms with Gasteiger partial charge in [0.05, 0.1) is 17.9 Å². The Morgan fingerprint density at radius 3 is 2.62 bits per heavy atom. The summed E-state index contributed by atoms with van der Waals surface area (Å²) in [6.07, 6.45) is 7.05. The van der Waals surface area contributed by atoms with E-state index in [1.807, 2.05) is 30.0 Å². The summed E-state index contributed by atoms with van der Waals surface area (Å²) in [6.45, 7) is 5.82. The van der Waals surface area contributed by atoms with E-state index in [9.17, 15) is 9.59 Å². The summed E-state index contributed by atoms with van der Waals surface area (Å²) in [5.41, 5.74) is 0.879. The zero-order valence-corrected chi connectivity index (χ0v) is 14.6. The van der Waals surface area contributed by atoms with Gasteiger partial charge in [0, 0.05) is 52.4 Å². The number of aryl methyl sites for hydroxylation is 1. The summed E-state index contributed by atoms with van der Waals surface area (Å²) >= 11 is 0. The molecule has 2 aliphatic heterocycles. The van der Waals surface area contributed by atoms with Crippen molar-refractivity contribution in [3.63, 3.8) is 0 Å². The standard InChI is InChI=1S/C17H27N5O2/c1-3-5-16(23)21-10-8-20(9-11-21)15-6-4-7-22(17(15)24)14-12-18-19(2)13-14/h12-13,15H,3-11H2,1-2H3. The van der Waals surface area contributed by atoms with Crippen molar-refractivity contribution in [3.05, 3.63) is 12.4 Å². The first-order valence-corrected chi connectivity index (χ1v) is 8.92. The molecule has 0 N–H and O–H groups in total. The van der Waals surface area contributed by atoms with Crippen molar-refractivity contribution < 1.29 is 9.59 Å². The third kappa shape index (κ3) is 3.45. The van der Waals surface area contributed by atoms with Crippen molar-refractivity contribution in [2.75, 3.05) is 37.6 Å². The van der Waals surface area contributed by atoms with Crippen molar-refractivity contribution in [3.8, 4) is 0 Å². The zero-order valence-electron chi connectivity index (χ0n) is 14.6. The van der Waals surface area contributed by atoms with Gasteiger partial charge in [0.2, 0.25) is 11.8 Å². The molecule has 2 saturated heterocycles. The Morgan fingerprint density at radius 2 is 2.00 bits per heavy atom. The second-order valence-corrected chi connectivity index (χ2v) is 6.69. The van der Waals surface area contributed by atoms with Gasteiger partial charge in [0.15, 0.2) is 0 Å². The molecule has 0 aliphatic carbocycles. The van der Waals surface area contributed by atoms with Gasteiger partial charge in [-0.15, -0.1) is 0 Å². The van der Waals surface area contributed by atoms with E-state index in [2.05, 4.69) is 10.00 Å². The van der Waals surface area contributed by atoms with Crippen LogP contribution in [0.5, 0.6) is 0 Å². The van der Waals surface area contributed by atoms with Crippen LogP contribution in [0.2, 0.25) is 0 Å². The molecular weight excluding hydrogens is 306 g/mol. The van der Waals surface area contributed by atoms with E-state index in [4.69, 9.17) is 0 Å². The van der Waals surface area contributed by atoms with Gasteiger partial charge in [-0.25, -0.2) is 0 Å². The number of aromatic nitrogens is 2. The molecule has 7 nitrogen and oxygen atoms in total. The van der Waals surface area contributed by atoms with Crippen LogP contribution in [0.1, 0.15) is 32.6 Å². The Balaban J connectivity index is 1.61. The Kier molecular flexibility index (Phi) is 5.18. The summed E-state index contributed by atoms with van der Waals surface area (Å²) < 4.78 is 1.73. The highest BCUT2D eigenvalue weighted by atomic mass is 16.2. The topological polar surface area (TPSA) is 61.7 Å². The van der Waals surface area contributed by atoms with Gasteiger partial charge < -0.3 is 9.80 Å². The fourth-order valence-electron chi connectivity index (χ4n) is 3.65. The minimum atomic E-state index is -0.0672. The van der Waals surface area contributed by atoms with Gasteiger partial charge in [-0.1, -0.05) is 6.92 Å². The van der Waals surface area contributed by atoms with Crippen molar-refractivity contribution in [2.45, 2.75) is 38.6 Å². The van der Waals surface area contributed by atoms with E-state index >= 15 is 0 Å². The first-order chi connectivity index (χ1) is 11.6. The molecule has 3 heterocycles. The summed E-state index contributed by atoms with van der Waals surface area (Å²) in [5, 5.41) is 4.18. The van der Waals surface area contributed by atoms with Crippen molar-refractivity contribution in [2.24, 2.45) is 7.05 Å². The number of anilines is 1. The van der Waals surface area contributed by atoms with Crippen LogP contribution in [0.4, 0.5) is 5.69 Å². The van der Waals surface area contributed by atoms with Gasteiger partial charge >= 0.3 is 0 Å². The highest BCUT2D eigenvalue weighted by molar-refractivity contribution is 5.97. The van der Waals surface area contributed by atoms with Gasteiger partial charge in [-0.2, -0.15) is 5.10 Å². The Labute approximate surface area is 143 Å². The maximum absolute atomic E-state index is 12.9. The molecule has 0 aromatic carbocycles. The molecule has 0 radical (unpaired) electrons. The minimum absolute atomic E-state index is 0.0672. The Bertz CT molecular complexity index is 592. The highest BCUT2D eigenvalue weighted by Crippen LogP contribution is 2.24. The van der Waals surface area contributed by atoms with Gasteiger partial charge in [-0.05, 0) is 19.3 Å². The lowest BCUT2D eigenvalue weighted by Crippen LogP contribution is -2.58. The second kappa shape index (κ2) is 7.34. The normalized spacial score (nSPS) is 22.9. The van der Waals surface area contributed by atoms with Crippen LogP contribution in [0, 0.1) is 0 Å². The lowest BCUT2D eigenvalue weighted by Gasteiger charge is -2.42. The lowest BCUT2D eigenvalue weighted by molar-refractivity contribution is -0.134. The molecule has 1 unspecified atom stereocenters. The number of piperazine rings is 1. The van der Waals surface area contributed by atoms with E-state index in [-0.39, 0.29) is 17.9 Å². The Hall–Kier alpha value is -1.89. The van der Waals surface area contributed by atoms with Crippen molar-refractivity contribution in [1.82, 2.24) is 19.6 Å². The summed E-state index contributed by atoms with van der Waals surface area (Å²) in [7, 11) is 1.86. The summed E-state index contributed by atoms with van der Waals surface area (Å²) in [4.78, 5) is 31.0. The fourth-order valence-corrected chi connectivity index (χ4v) is 3.65. The molecule has 2 fully saturated rings. The number of rotatable bonds is 4. The zero-order chi connectivity index (χ0) is 17.1. The molecule has 0 bridgehead atoms. The molecule has 132 valence electrons. The number of piperidine rings is 1. The van der Waals surface area contributed by atoms with Gasteiger partial charge in [-0.3, -0.25) is 19.2 Å². The van der Waals surface area contributed by atoms with Crippen LogP contribution in [0.15, 0.2) is 12.4 Å². The molecule has 24 heavy (non-hydrogen) atoms. The molecule has 2 amide bonds. The van der Waals surface area contributed by atoms with E-state index < -0.39 is 0 Å². The van der Waals surface area contributed by atoms with Gasteiger partial charge in [0.25, 0.3) is 0 Å². The van der Waals surface area contributed by atoms with E-state index in [0.29, 0.717) is 6.42 Å². The maximum atomic E-state index is 12.9. The molecular formula is C17H27N5O2. The molecule has 7 heteroatoms. The molecule has 0 saturated carbocycles. The molecule has 1 aromatic heterocycles. The maximum Gasteiger partial charge on any atom is 0.244 e. The molecule has 1 atom stereocenters. The third-order valence-corrected chi connectivity index (χ3v) is 4.98. The SMILES string of the molecule is CCCC(=O)N1CCN(C2CCCN(c3cnn(C)c3)C2=O)CC1. The lowest BCUT2D eigenvalue weighted by atomic mass is 10.0. The van der Waals surface area contributed by atoms with Crippen LogP contribution >= 0.6 is 0 Å². The molecule has 2 aliphatic rings. The number of hydrogen-bond acceptors (Lipinski definition) is 4. The monoisotopic (exact) mass is 333 g/mol. The van der Waals surface area contributed by atoms with Crippen molar-refractivity contribution in [1.29, 1.82) is 0 Å². The number of amides is 2. The number of carbonyl (C=O) groups excluding carboxylic acids is 2. The number of carbonyl (C=O) groups is 2.